The molecule has 0 amide bonds. The maximum Gasteiger partial charge on any atom is 0.0170 e. The summed E-state index contributed by atoms with van der Waals surface area (Å²) in [7, 11) is 0. The second-order valence-electron chi connectivity index (χ2n) is 9.71. The Hall–Kier alpha value is -3.38. The molecule has 33 heavy (non-hydrogen) atoms. The third kappa shape index (κ3) is 4.31. The third-order valence-corrected chi connectivity index (χ3v) is 7.28. The highest BCUT2D eigenvalue weighted by atomic mass is 14.4. The summed E-state index contributed by atoms with van der Waals surface area (Å²) in [6.45, 7) is 8.78. The van der Waals surface area contributed by atoms with Crippen LogP contribution in [0.15, 0.2) is 84.9 Å². The van der Waals surface area contributed by atoms with Gasteiger partial charge in [0.25, 0.3) is 0 Å². The summed E-state index contributed by atoms with van der Waals surface area (Å²) in [6.07, 6.45) is 5.66. The normalized spacial score (nSPS) is 17.5. The van der Waals surface area contributed by atoms with Crippen LogP contribution in [0.1, 0.15) is 67.5 Å². The Balaban J connectivity index is 1.63. The van der Waals surface area contributed by atoms with Gasteiger partial charge in [0.2, 0.25) is 0 Å². The SMILES string of the molecule is Cc1ccc(/C=C/c2cccc3c2C(c2cccc(C)c2)C(c2ccc(C)c(C)c2)C3)cc1. The van der Waals surface area contributed by atoms with Gasteiger partial charge in [0.15, 0.2) is 0 Å². The van der Waals surface area contributed by atoms with Crippen molar-refractivity contribution in [3.8, 4) is 0 Å². The Morgan fingerprint density at radius 2 is 1.42 bits per heavy atom. The van der Waals surface area contributed by atoms with E-state index in [0.29, 0.717) is 11.8 Å². The third-order valence-electron chi connectivity index (χ3n) is 7.28. The smallest absolute Gasteiger partial charge is 0.0170 e. The summed E-state index contributed by atoms with van der Waals surface area (Å²) >= 11 is 0. The molecule has 0 heterocycles. The van der Waals surface area contributed by atoms with Gasteiger partial charge in [0.05, 0.1) is 0 Å². The van der Waals surface area contributed by atoms with E-state index in [1.54, 1.807) is 0 Å². The molecule has 5 rings (SSSR count). The lowest BCUT2D eigenvalue weighted by Crippen LogP contribution is -2.09. The highest BCUT2D eigenvalue weighted by Crippen LogP contribution is 2.49. The lowest BCUT2D eigenvalue weighted by atomic mass is 9.79. The molecule has 164 valence electrons. The first kappa shape index (κ1) is 21.5. The average molecular weight is 429 g/mol. The first-order valence-electron chi connectivity index (χ1n) is 12.0. The van der Waals surface area contributed by atoms with Gasteiger partial charge in [0, 0.05) is 5.92 Å². The van der Waals surface area contributed by atoms with Gasteiger partial charge >= 0.3 is 0 Å². The maximum absolute atomic E-state index is 2.41. The molecule has 4 aromatic carbocycles. The lowest BCUT2D eigenvalue weighted by molar-refractivity contribution is 0.655. The number of fused-ring (bicyclic) bond motifs is 1. The number of aryl methyl sites for hydroxylation is 4. The monoisotopic (exact) mass is 428 g/mol. The Morgan fingerprint density at radius 1 is 0.636 bits per heavy atom. The molecule has 0 spiro atoms. The van der Waals surface area contributed by atoms with Crippen molar-refractivity contribution in [1.29, 1.82) is 0 Å². The van der Waals surface area contributed by atoms with E-state index in [1.165, 1.54) is 55.6 Å². The molecular weight excluding hydrogens is 396 g/mol. The molecule has 0 heteroatoms. The topological polar surface area (TPSA) is 0 Å². The molecule has 0 fully saturated rings. The van der Waals surface area contributed by atoms with Gasteiger partial charge in [-0.15, -0.1) is 0 Å². The standard InChI is InChI=1S/C33H32/c1-22-11-14-26(15-12-22)16-18-27-8-6-10-30-21-31(28-17-13-24(3)25(4)20-28)33(32(27)30)29-9-5-7-23(2)19-29/h5-20,31,33H,21H2,1-4H3/b18-16+. The summed E-state index contributed by atoms with van der Waals surface area (Å²) in [5.41, 5.74) is 13.8. The van der Waals surface area contributed by atoms with E-state index < -0.39 is 0 Å². The second kappa shape index (κ2) is 8.87. The molecule has 2 atom stereocenters. The van der Waals surface area contributed by atoms with Crippen LogP contribution in [0.2, 0.25) is 0 Å². The van der Waals surface area contributed by atoms with Crippen LogP contribution in [-0.4, -0.2) is 0 Å². The summed E-state index contributed by atoms with van der Waals surface area (Å²) in [5, 5.41) is 0. The van der Waals surface area contributed by atoms with E-state index in [-0.39, 0.29) is 0 Å². The number of hydrogen-bond acceptors (Lipinski definition) is 0. The molecule has 0 bridgehead atoms. The van der Waals surface area contributed by atoms with E-state index in [4.69, 9.17) is 0 Å². The molecule has 4 aromatic rings. The van der Waals surface area contributed by atoms with Crippen molar-refractivity contribution < 1.29 is 0 Å². The number of hydrogen-bond donors (Lipinski definition) is 0. The van der Waals surface area contributed by atoms with Gasteiger partial charge in [-0.05, 0) is 84.5 Å². The Kier molecular flexibility index (Phi) is 5.77. The number of rotatable bonds is 4. The molecule has 0 aromatic heterocycles. The minimum atomic E-state index is 0.362. The van der Waals surface area contributed by atoms with E-state index >= 15 is 0 Å². The molecule has 0 aliphatic heterocycles. The van der Waals surface area contributed by atoms with Crippen molar-refractivity contribution in [3.63, 3.8) is 0 Å². The molecule has 2 unspecified atom stereocenters. The fourth-order valence-electron chi connectivity index (χ4n) is 5.32. The maximum atomic E-state index is 2.41. The summed E-state index contributed by atoms with van der Waals surface area (Å²) in [4.78, 5) is 0. The van der Waals surface area contributed by atoms with Crippen molar-refractivity contribution >= 4 is 12.2 Å². The molecular formula is C33H32. The average Bonchev–Trinajstić information content (AvgIpc) is 3.21. The zero-order chi connectivity index (χ0) is 22.9. The van der Waals surface area contributed by atoms with Crippen LogP contribution in [0.25, 0.3) is 12.2 Å². The van der Waals surface area contributed by atoms with Crippen LogP contribution >= 0.6 is 0 Å². The van der Waals surface area contributed by atoms with Crippen LogP contribution in [-0.2, 0) is 6.42 Å². The number of benzene rings is 4. The van der Waals surface area contributed by atoms with E-state index in [1.807, 2.05) is 0 Å². The molecule has 0 saturated carbocycles. The van der Waals surface area contributed by atoms with Gasteiger partial charge in [-0.1, -0.05) is 108 Å². The van der Waals surface area contributed by atoms with Crippen molar-refractivity contribution in [2.24, 2.45) is 0 Å². The van der Waals surface area contributed by atoms with Crippen LogP contribution in [0, 0.1) is 27.7 Å². The fourth-order valence-corrected chi connectivity index (χ4v) is 5.32. The quantitative estimate of drug-likeness (QED) is 0.286. The molecule has 0 radical (unpaired) electrons. The van der Waals surface area contributed by atoms with Crippen molar-refractivity contribution in [3.05, 3.63) is 141 Å². The largest absolute Gasteiger partial charge is 0.0617 e. The van der Waals surface area contributed by atoms with Gasteiger partial charge < -0.3 is 0 Å². The summed E-state index contributed by atoms with van der Waals surface area (Å²) in [6, 6.07) is 31.8. The first-order chi connectivity index (χ1) is 16.0. The van der Waals surface area contributed by atoms with E-state index in [9.17, 15) is 0 Å². The van der Waals surface area contributed by atoms with Crippen molar-refractivity contribution in [2.45, 2.75) is 46.0 Å². The van der Waals surface area contributed by atoms with Gasteiger partial charge in [-0.2, -0.15) is 0 Å². The van der Waals surface area contributed by atoms with E-state index in [2.05, 4.69) is 125 Å². The van der Waals surface area contributed by atoms with Gasteiger partial charge in [0.1, 0.15) is 0 Å². The van der Waals surface area contributed by atoms with Crippen LogP contribution in [0.3, 0.4) is 0 Å². The summed E-state index contributed by atoms with van der Waals surface area (Å²) in [5.74, 6) is 0.816. The van der Waals surface area contributed by atoms with Crippen LogP contribution in [0.4, 0.5) is 0 Å². The Morgan fingerprint density at radius 3 is 2.18 bits per heavy atom. The predicted molar refractivity (Wildman–Crippen MR) is 142 cm³/mol. The predicted octanol–water partition coefficient (Wildman–Crippen LogP) is 8.56. The Bertz CT molecular complexity index is 1320. The molecule has 0 saturated heterocycles. The molecule has 1 aliphatic rings. The summed E-state index contributed by atoms with van der Waals surface area (Å²) < 4.78 is 0. The first-order valence-corrected chi connectivity index (χ1v) is 12.0. The highest BCUT2D eigenvalue weighted by Gasteiger charge is 2.36. The minimum absolute atomic E-state index is 0.362. The fraction of sp³-hybridized carbons (Fsp3) is 0.212. The molecule has 1 aliphatic carbocycles. The molecule has 0 nitrogen and oxygen atoms in total. The zero-order valence-corrected chi connectivity index (χ0v) is 20.1. The van der Waals surface area contributed by atoms with Crippen molar-refractivity contribution in [2.75, 3.05) is 0 Å². The molecule has 0 N–H and O–H groups in total. The second-order valence-corrected chi connectivity index (χ2v) is 9.71. The van der Waals surface area contributed by atoms with Crippen LogP contribution in [0.5, 0.6) is 0 Å². The highest BCUT2D eigenvalue weighted by molar-refractivity contribution is 5.73. The van der Waals surface area contributed by atoms with Gasteiger partial charge in [-0.3, -0.25) is 0 Å². The van der Waals surface area contributed by atoms with Crippen LogP contribution < -0.4 is 0 Å². The lowest BCUT2D eigenvalue weighted by Gasteiger charge is -2.24. The Labute approximate surface area is 198 Å². The van der Waals surface area contributed by atoms with Gasteiger partial charge in [-0.25, -0.2) is 0 Å². The van der Waals surface area contributed by atoms with E-state index in [0.717, 1.165) is 6.42 Å². The zero-order valence-electron chi connectivity index (χ0n) is 20.1. The van der Waals surface area contributed by atoms with Crippen molar-refractivity contribution in [1.82, 2.24) is 0 Å². The minimum Gasteiger partial charge on any atom is -0.0617 e.